The van der Waals surface area contributed by atoms with Gasteiger partial charge in [0.15, 0.2) is 0 Å². The van der Waals surface area contributed by atoms with Crippen LogP contribution in [0.25, 0.3) is 11.3 Å². The molecule has 6 nitrogen and oxygen atoms in total. The zero-order chi connectivity index (χ0) is 19.4. The Bertz CT molecular complexity index is 1000. The second kappa shape index (κ2) is 8.49. The van der Waals surface area contributed by atoms with Gasteiger partial charge in [-0.2, -0.15) is 5.10 Å². The number of hydrogen-bond acceptors (Lipinski definition) is 5. The summed E-state index contributed by atoms with van der Waals surface area (Å²) in [4.78, 5) is 12.6. The van der Waals surface area contributed by atoms with E-state index in [1.807, 2.05) is 42.5 Å². The van der Waals surface area contributed by atoms with E-state index < -0.39 is 5.91 Å². The maximum atomic E-state index is 12.6. The Kier molecular flexibility index (Phi) is 6.08. The largest absolute Gasteiger partial charge is 0.495 e. The van der Waals surface area contributed by atoms with Crippen LogP contribution in [0.1, 0.15) is 21.7 Å². The molecule has 0 spiro atoms. The molecular weight excluding hydrogens is 478 g/mol. The predicted octanol–water partition coefficient (Wildman–Crippen LogP) is 4.95. The van der Waals surface area contributed by atoms with Gasteiger partial charge in [0.25, 0.3) is 5.91 Å². The molecule has 3 aromatic rings. The van der Waals surface area contributed by atoms with Crippen molar-refractivity contribution in [3.63, 3.8) is 0 Å². The summed E-state index contributed by atoms with van der Waals surface area (Å²) in [5, 5.41) is 8.05. The topological polar surface area (TPSA) is 76.7 Å². The molecule has 1 heterocycles. The number of methoxy groups -OCH3 is 1. The number of rotatable bonds is 5. The number of carbonyl (C=O) groups excluding carboxylic acids is 1. The normalized spacial score (nSPS) is 11.0. The minimum atomic E-state index is -0.406. The van der Waals surface area contributed by atoms with E-state index in [9.17, 15) is 4.79 Å². The second-order valence-electron chi connectivity index (χ2n) is 5.54. The van der Waals surface area contributed by atoms with E-state index in [1.54, 1.807) is 14.0 Å². The third-order valence-electron chi connectivity index (χ3n) is 3.75. The fraction of sp³-hybridized carbons (Fsp3) is 0.105. The highest BCUT2D eigenvalue weighted by molar-refractivity contribution is 9.11. The Hall–Kier alpha value is -2.45. The average Bonchev–Trinajstić information content (AvgIpc) is 3.03. The fourth-order valence-electron chi connectivity index (χ4n) is 2.54. The quantitative estimate of drug-likeness (QED) is 0.404. The van der Waals surface area contributed by atoms with Crippen molar-refractivity contribution in [1.29, 1.82) is 0 Å². The zero-order valence-electron chi connectivity index (χ0n) is 14.5. The van der Waals surface area contributed by atoms with Gasteiger partial charge in [-0.05, 0) is 35.0 Å². The average molecular weight is 493 g/mol. The number of halogens is 2. The Morgan fingerprint density at radius 2 is 2.00 bits per heavy atom. The number of nitrogens with zero attached hydrogens (tertiary/aromatic N) is 2. The van der Waals surface area contributed by atoms with Crippen LogP contribution in [0.15, 0.2) is 61.0 Å². The SMILES string of the molecule is COc1c(Br)cc(Br)cc1/C=N/NC(=O)c1c(-c2ccccc2)noc1C. The minimum absolute atomic E-state index is 0.348. The molecule has 0 atom stereocenters. The fourth-order valence-corrected chi connectivity index (χ4v) is 3.96. The van der Waals surface area contributed by atoms with E-state index in [4.69, 9.17) is 9.26 Å². The maximum Gasteiger partial charge on any atom is 0.277 e. The van der Waals surface area contributed by atoms with E-state index in [2.05, 4.69) is 47.5 Å². The lowest BCUT2D eigenvalue weighted by atomic mass is 10.1. The number of benzene rings is 2. The van der Waals surface area contributed by atoms with Crippen molar-refractivity contribution in [3.05, 3.63) is 68.3 Å². The summed E-state index contributed by atoms with van der Waals surface area (Å²) in [6, 6.07) is 13.1. The molecule has 1 aromatic heterocycles. The van der Waals surface area contributed by atoms with Gasteiger partial charge in [-0.15, -0.1) is 0 Å². The smallest absolute Gasteiger partial charge is 0.277 e. The molecular formula is C19H15Br2N3O3. The second-order valence-corrected chi connectivity index (χ2v) is 7.31. The third-order valence-corrected chi connectivity index (χ3v) is 4.79. The Labute approximate surface area is 172 Å². The number of carbonyl (C=O) groups is 1. The van der Waals surface area contributed by atoms with Gasteiger partial charge in [0.1, 0.15) is 22.8 Å². The van der Waals surface area contributed by atoms with Crippen LogP contribution in [0.5, 0.6) is 5.75 Å². The van der Waals surface area contributed by atoms with E-state index >= 15 is 0 Å². The van der Waals surface area contributed by atoms with Crippen LogP contribution in [-0.2, 0) is 0 Å². The number of nitrogens with one attached hydrogen (secondary N) is 1. The van der Waals surface area contributed by atoms with Crippen LogP contribution in [-0.4, -0.2) is 24.4 Å². The van der Waals surface area contributed by atoms with Crippen molar-refractivity contribution in [2.24, 2.45) is 5.10 Å². The first kappa shape index (κ1) is 19.3. The highest BCUT2D eigenvalue weighted by atomic mass is 79.9. The molecule has 0 saturated carbocycles. The molecule has 1 N–H and O–H groups in total. The summed E-state index contributed by atoms with van der Waals surface area (Å²) in [5.74, 6) is 0.628. The van der Waals surface area contributed by atoms with Crippen LogP contribution < -0.4 is 10.2 Å². The lowest BCUT2D eigenvalue weighted by Gasteiger charge is -2.08. The summed E-state index contributed by atoms with van der Waals surface area (Å²) >= 11 is 6.85. The molecule has 0 radical (unpaired) electrons. The van der Waals surface area contributed by atoms with Crippen LogP contribution in [0.4, 0.5) is 0 Å². The summed E-state index contributed by atoms with van der Waals surface area (Å²) in [7, 11) is 1.57. The molecule has 0 unspecified atom stereocenters. The minimum Gasteiger partial charge on any atom is -0.495 e. The first-order chi connectivity index (χ1) is 13.0. The van der Waals surface area contributed by atoms with Gasteiger partial charge in [-0.3, -0.25) is 4.79 Å². The van der Waals surface area contributed by atoms with E-state index in [0.29, 0.717) is 28.3 Å². The molecule has 0 bridgehead atoms. The van der Waals surface area contributed by atoms with Gasteiger partial charge >= 0.3 is 0 Å². The van der Waals surface area contributed by atoms with Crippen molar-refractivity contribution in [3.8, 4) is 17.0 Å². The maximum absolute atomic E-state index is 12.6. The van der Waals surface area contributed by atoms with Gasteiger partial charge in [0.2, 0.25) is 0 Å². The number of aromatic nitrogens is 1. The monoisotopic (exact) mass is 491 g/mol. The molecule has 1 amide bonds. The van der Waals surface area contributed by atoms with Crippen molar-refractivity contribution < 1.29 is 14.1 Å². The lowest BCUT2D eigenvalue weighted by Crippen LogP contribution is -2.19. The van der Waals surface area contributed by atoms with Gasteiger partial charge in [0, 0.05) is 15.6 Å². The van der Waals surface area contributed by atoms with Crippen LogP contribution in [0.3, 0.4) is 0 Å². The number of amides is 1. The molecule has 0 fully saturated rings. The number of aryl methyl sites for hydroxylation is 1. The standard InChI is InChI=1S/C19H15Br2N3O3/c1-11-16(17(24-27-11)12-6-4-3-5-7-12)19(25)23-22-10-13-8-14(20)9-15(21)18(13)26-2/h3-10H,1-2H3,(H,23,25)/b22-10+. The predicted molar refractivity (Wildman–Crippen MR) is 110 cm³/mol. The van der Waals surface area contributed by atoms with Crippen molar-refractivity contribution >= 4 is 44.0 Å². The molecule has 27 heavy (non-hydrogen) atoms. The molecule has 2 aromatic carbocycles. The van der Waals surface area contributed by atoms with Gasteiger partial charge in [-0.25, -0.2) is 5.43 Å². The Morgan fingerprint density at radius 1 is 1.26 bits per heavy atom. The summed E-state index contributed by atoms with van der Waals surface area (Å²) in [5.41, 5.74) is 4.83. The lowest BCUT2D eigenvalue weighted by molar-refractivity contribution is 0.0954. The Balaban J connectivity index is 1.84. The summed E-state index contributed by atoms with van der Waals surface area (Å²) in [6.45, 7) is 1.69. The van der Waals surface area contributed by atoms with Crippen molar-refractivity contribution in [2.45, 2.75) is 6.92 Å². The molecule has 0 saturated heterocycles. The highest BCUT2D eigenvalue weighted by Crippen LogP contribution is 2.31. The molecule has 138 valence electrons. The first-order valence-corrected chi connectivity index (χ1v) is 9.48. The van der Waals surface area contributed by atoms with E-state index in [-0.39, 0.29) is 0 Å². The van der Waals surface area contributed by atoms with Crippen molar-refractivity contribution in [1.82, 2.24) is 10.6 Å². The van der Waals surface area contributed by atoms with E-state index in [0.717, 1.165) is 14.5 Å². The molecule has 0 aliphatic rings. The van der Waals surface area contributed by atoms with Crippen LogP contribution in [0.2, 0.25) is 0 Å². The number of ether oxygens (including phenoxy) is 1. The van der Waals surface area contributed by atoms with Gasteiger partial charge < -0.3 is 9.26 Å². The molecule has 3 rings (SSSR count). The van der Waals surface area contributed by atoms with Crippen molar-refractivity contribution in [2.75, 3.05) is 7.11 Å². The third kappa shape index (κ3) is 4.28. The molecule has 0 aliphatic heterocycles. The van der Waals surface area contributed by atoms with Crippen LogP contribution >= 0.6 is 31.9 Å². The molecule has 0 aliphatic carbocycles. The summed E-state index contributed by atoms with van der Waals surface area (Å²) in [6.07, 6.45) is 1.51. The molecule has 8 heteroatoms. The number of hydrazone groups is 1. The summed E-state index contributed by atoms with van der Waals surface area (Å²) < 4.78 is 12.2. The highest BCUT2D eigenvalue weighted by Gasteiger charge is 2.21. The first-order valence-electron chi connectivity index (χ1n) is 7.89. The van der Waals surface area contributed by atoms with Gasteiger partial charge in [-0.1, -0.05) is 51.4 Å². The van der Waals surface area contributed by atoms with Crippen LogP contribution in [0, 0.1) is 6.92 Å². The number of hydrogen-bond donors (Lipinski definition) is 1. The van der Waals surface area contributed by atoms with Gasteiger partial charge in [0.05, 0.1) is 17.8 Å². The zero-order valence-corrected chi connectivity index (χ0v) is 17.7. The van der Waals surface area contributed by atoms with E-state index in [1.165, 1.54) is 6.21 Å². The Morgan fingerprint density at radius 3 is 2.70 bits per heavy atom.